The van der Waals surface area contributed by atoms with Gasteiger partial charge in [-0.1, -0.05) is 23.2 Å². The molecule has 0 fully saturated rings. The summed E-state index contributed by atoms with van der Waals surface area (Å²) in [7, 11) is 0. The van der Waals surface area contributed by atoms with E-state index in [1.54, 1.807) is 13.0 Å². The zero-order chi connectivity index (χ0) is 13.3. The summed E-state index contributed by atoms with van der Waals surface area (Å²) in [5, 5.41) is 9.72. The van der Waals surface area contributed by atoms with Crippen molar-refractivity contribution in [2.24, 2.45) is 4.99 Å². The van der Waals surface area contributed by atoms with E-state index in [0.29, 0.717) is 11.4 Å². The van der Waals surface area contributed by atoms with E-state index in [9.17, 15) is 9.90 Å². The van der Waals surface area contributed by atoms with E-state index in [0.717, 1.165) is 5.57 Å². The van der Waals surface area contributed by atoms with E-state index in [1.165, 1.54) is 24.3 Å². The molecule has 0 bridgehead atoms. The van der Waals surface area contributed by atoms with Gasteiger partial charge in [0.15, 0.2) is 11.5 Å². The third-order valence-electron chi connectivity index (χ3n) is 2.42. The first-order chi connectivity index (χ1) is 8.47. The Morgan fingerprint density at radius 1 is 1.16 bits per heavy atom. The van der Waals surface area contributed by atoms with Crippen LogP contribution < -0.4 is 29.6 Å². The summed E-state index contributed by atoms with van der Waals surface area (Å²) >= 11 is 11.6. The number of halogens is 2. The maximum absolute atomic E-state index is 11.1. The van der Waals surface area contributed by atoms with Crippen molar-refractivity contribution in [2.75, 3.05) is 0 Å². The van der Waals surface area contributed by atoms with Gasteiger partial charge in [-0.2, -0.15) is 0 Å². The van der Waals surface area contributed by atoms with E-state index >= 15 is 0 Å². The molecule has 2 rings (SSSR count). The first-order valence-corrected chi connectivity index (χ1v) is 5.90. The average molecular weight is 305 g/mol. The molecule has 0 aliphatic heterocycles. The molecule has 0 atom stereocenters. The normalized spacial score (nSPS) is 16.3. The van der Waals surface area contributed by atoms with Crippen LogP contribution in [0.1, 0.15) is 6.92 Å². The molecule has 1 aliphatic carbocycles. The van der Waals surface area contributed by atoms with E-state index < -0.39 is 0 Å². The number of hydrogen-bond acceptors (Lipinski definition) is 3. The van der Waals surface area contributed by atoms with Crippen LogP contribution >= 0.6 is 23.2 Å². The van der Waals surface area contributed by atoms with Crippen LogP contribution in [0.25, 0.3) is 0 Å². The van der Waals surface area contributed by atoms with Crippen molar-refractivity contribution in [1.29, 1.82) is 0 Å². The summed E-state index contributed by atoms with van der Waals surface area (Å²) in [6.07, 6.45) is 4.57. The second kappa shape index (κ2) is 6.73. The predicted octanol–water partition coefficient (Wildman–Crippen LogP) is 0.861. The maximum atomic E-state index is 11.1. The Bertz CT molecular complexity index is 598. The third-order valence-corrected chi connectivity index (χ3v) is 3.00. The molecule has 1 aromatic carbocycles. The molecule has 0 amide bonds. The van der Waals surface area contributed by atoms with Gasteiger partial charge in [0.1, 0.15) is 0 Å². The van der Waals surface area contributed by atoms with Gasteiger partial charge in [0.25, 0.3) is 0 Å². The quantitative estimate of drug-likeness (QED) is 0.618. The molecule has 92 valence electrons. The molecule has 0 radical (unpaired) electrons. The molecule has 0 saturated heterocycles. The Hall–Kier alpha value is -0.580. The fraction of sp³-hybridized carbons (Fsp3) is 0.0769. The number of allylic oxidation sites excluding steroid dienone is 4. The summed E-state index contributed by atoms with van der Waals surface area (Å²) in [5.41, 5.74) is 1.94. The summed E-state index contributed by atoms with van der Waals surface area (Å²) in [6.45, 7) is 1.80. The molecule has 1 aromatic rings. The Kier molecular flexibility index (Phi) is 5.83. The molecule has 0 unspecified atom stereocenters. The first kappa shape index (κ1) is 16.5. The monoisotopic (exact) mass is 304 g/mol. The number of carbonyl (C=O) groups excluding carboxylic acids is 1. The molecule has 0 aromatic heterocycles. The van der Waals surface area contributed by atoms with Crippen molar-refractivity contribution in [3.8, 4) is 5.75 Å². The van der Waals surface area contributed by atoms with Crippen molar-refractivity contribution in [3.05, 3.63) is 46.0 Å². The summed E-state index contributed by atoms with van der Waals surface area (Å²) < 4.78 is 0. The minimum absolute atomic E-state index is 0. The molecule has 19 heavy (non-hydrogen) atoms. The second-order valence-electron chi connectivity index (χ2n) is 3.82. The van der Waals surface area contributed by atoms with Gasteiger partial charge in [0.05, 0.1) is 21.4 Å². The maximum Gasteiger partial charge on any atom is 1.00 e. The van der Waals surface area contributed by atoms with Crippen LogP contribution in [0.15, 0.2) is 40.9 Å². The minimum atomic E-state index is -0.163. The van der Waals surface area contributed by atoms with Crippen LogP contribution in [0.5, 0.6) is 5.75 Å². The standard InChI is InChI=1S/C13H9Cl2NO2.Na/c1-7-4-9(17)2-3-12(7)16-8-5-10(14)13(18)11(15)6-8;/h2-6,18H,1H3;/q;+1. The van der Waals surface area contributed by atoms with Crippen molar-refractivity contribution >= 4 is 40.4 Å². The SMILES string of the molecule is CC1=CC(=O)C=CC1=Nc1cc(Cl)c(O)c(Cl)c1.[Na+]. The molecule has 0 heterocycles. The summed E-state index contributed by atoms with van der Waals surface area (Å²) in [5.74, 6) is -0.225. The Morgan fingerprint density at radius 3 is 2.26 bits per heavy atom. The number of rotatable bonds is 1. The van der Waals surface area contributed by atoms with Gasteiger partial charge in [0, 0.05) is 0 Å². The van der Waals surface area contributed by atoms with Gasteiger partial charge in [-0.05, 0) is 42.9 Å². The van der Waals surface area contributed by atoms with E-state index in [1.807, 2.05) is 0 Å². The molecule has 1 aliphatic rings. The third kappa shape index (κ3) is 3.94. The number of ketones is 1. The van der Waals surface area contributed by atoms with Gasteiger partial charge in [-0.3, -0.25) is 4.79 Å². The van der Waals surface area contributed by atoms with Gasteiger partial charge >= 0.3 is 29.6 Å². The molecule has 0 spiro atoms. The number of benzene rings is 1. The van der Waals surface area contributed by atoms with Crippen molar-refractivity contribution in [1.82, 2.24) is 0 Å². The average Bonchev–Trinajstić information content (AvgIpc) is 2.29. The van der Waals surface area contributed by atoms with E-state index in [2.05, 4.69) is 4.99 Å². The van der Waals surface area contributed by atoms with Crippen LogP contribution in [0.4, 0.5) is 5.69 Å². The van der Waals surface area contributed by atoms with Gasteiger partial charge in [-0.25, -0.2) is 4.99 Å². The predicted molar refractivity (Wildman–Crippen MR) is 73.1 cm³/mol. The molecule has 6 heteroatoms. The fourth-order valence-electron chi connectivity index (χ4n) is 1.51. The Labute approximate surface area is 142 Å². The Morgan fingerprint density at radius 2 is 1.74 bits per heavy atom. The van der Waals surface area contributed by atoms with Crippen molar-refractivity contribution in [2.45, 2.75) is 6.92 Å². The van der Waals surface area contributed by atoms with Crippen LogP contribution in [0.2, 0.25) is 10.0 Å². The molecule has 0 saturated carbocycles. The molecular weight excluding hydrogens is 296 g/mol. The first-order valence-electron chi connectivity index (χ1n) is 5.15. The smallest absolute Gasteiger partial charge is 0.505 e. The van der Waals surface area contributed by atoms with E-state index in [-0.39, 0.29) is 51.1 Å². The van der Waals surface area contributed by atoms with Gasteiger partial charge in [-0.15, -0.1) is 0 Å². The van der Waals surface area contributed by atoms with Gasteiger partial charge < -0.3 is 5.11 Å². The molecule has 3 nitrogen and oxygen atoms in total. The van der Waals surface area contributed by atoms with E-state index in [4.69, 9.17) is 23.2 Å². The zero-order valence-corrected chi connectivity index (χ0v) is 14.0. The topological polar surface area (TPSA) is 49.7 Å². The van der Waals surface area contributed by atoms with Crippen LogP contribution in [0.3, 0.4) is 0 Å². The minimum Gasteiger partial charge on any atom is -0.505 e. The zero-order valence-electron chi connectivity index (χ0n) is 10.4. The molecular formula is C13H9Cl2NNaO2+. The number of phenols is 1. The number of phenolic OH excluding ortho intramolecular Hbond substituents is 1. The number of aromatic hydroxyl groups is 1. The van der Waals surface area contributed by atoms with Crippen LogP contribution in [0, 0.1) is 0 Å². The number of hydrogen-bond donors (Lipinski definition) is 1. The number of aliphatic imine (C=N–C) groups is 1. The largest absolute Gasteiger partial charge is 1.00 e. The Balaban J connectivity index is 0.00000180. The summed E-state index contributed by atoms with van der Waals surface area (Å²) in [6, 6.07) is 3.01. The van der Waals surface area contributed by atoms with Crippen molar-refractivity contribution in [3.63, 3.8) is 0 Å². The molecule has 1 N–H and O–H groups in total. The van der Waals surface area contributed by atoms with Crippen molar-refractivity contribution < 1.29 is 39.5 Å². The van der Waals surface area contributed by atoms with Gasteiger partial charge in [0.2, 0.25) is 0 Å². The van der Waals surface area contributed by atoms with Crippen LogP contribution in [-0.4, -0.2) is 16.6 Å². The number of nitrogens with zero attached hydrogens (tertiary/aromatic N) is 1. The summed E-state index contributed by atoms with van der Waals surface area (Å²) in [4.78, 5) is 15.5. The number of carbonyl (C=O) groups is 1. The second-order valence-corrected chi connectivity index (χ2v) is 4.63. The fourth-order valence-corrected chi connectivity index (χ4v) is 1.98. The van der Waals surface area contributed by atoms with Crippen LogP contribution in [-0.2, 0) is 4.79 Å².